The number of rotatable bonds is 4. The Morgan fingerprint density at radius 2 is 2.10 bits per heavy atom. The van der Waals surface area contributed by atoms with E-state index in [9.17, 15) is 4.79 Å². The summed E-state index contributed by atoms with van der Waals surface area (Å²) >= 11 is 0. The zero-order valence-corrected chi connectivity index (χ0v) is 12.0. The van der Waals surface area contributed by atoms with Crippen LogP contribution in [0, 0.1) is 0 Å². The number of hydrogen-bond acceptors (Lipinski definition) is 5. The van der Waals surface area contributed by atoms with Gasteiger partial charge in [0.15, 0.2) is 6.61 Å². The minimum atomic E-state index is -0.0501. The first-order valence-corrected chi connectivity index (χ1v) is 7.43. The monoisotopic (exact) mass is 291 g/mol. The Morgan fingerprint density at radius 1 is 1.29 bits per heavy atom. The maximum absolute atomic E-state index is 12.0. The van der Waals surface area contributed by atoms with Gasteiger partial charge in [0.1, 0.15) is 5.75 Å². The third kappa shape index (κ3) is 2.96. The molecule has 1 aromatic carbocycles. The number of carbonyl (C=O) groups excluding carboxylic acids is 1. The molecule has 2 aliphatic rings. The standard InChI is InChI=1S/C15H21N3O3/c19-9-1-6-18-13-3-2-12(17-7-4-16-5-8-17)10-14(13)21-11-15(18)20/h2-3,10,16,19H,1,4-9,11H2. The summed E-state index contributed by atoms with van der Waals surface area (Å²) in [5.74, 6) is 0.703. The molecular formula is C15H21N3O3. The summed E-state index contributed by atoms with van der Waals surface area (Å²) in [6.07, 6.45) is 0.574. The summed E-state index contributed by atoms with van der Waals surface area (Å²) in [4.78, 5) is 16.0. The van der Waals surface area contributed by atoms with Crippen LogP contribution < -0.4 is 19.9 Å². The molecule has 1 aromatic rings. The maximum atomic E-state index is 12.0. The first-order valence-electron chi connectivity index (χ1n) is 7.43. The fourth-order valence-corrected chi connectivity index (χ4v) is 2.79. The highest BCUT2D eigenvalue weighted by Gasteiger charge is 2.26. The number of aliphatic hydroxyl groups is 1. The molecule has 0 radical (unpaired) electrons. The summed E-state index contributed by atoms with van der Waals surface area (Å²) in [5, 5.41) is 12.3. The molecule has 1 saturated heterocycles. The molecule has 114 valence electrons. The number of aliphatic hydroxyl groups excluding tert-OH is 1. The number of piperazine rings is 1. The van der Waals surface area contributed by atoms with E-state index in [4.69, 9.17) is 9.84 Å². The van der Waals surface area contributed by atoms with Crippen molar-refractivity contribution in [2.45, 2.75) is 6.42 Å². The van der Waals surface area contributed by atoms with E-state index in [2.05, 4.69) is 10.2 Å². The fourth-order valence-electron chi connectivity index (χ4n) is 2.79. The van der Waals surface area contributed by atoms with Crippen molar-refractivity contribution in [3.63, 3.8) is 0 Å². The highest BCUT2D eigenvalue weighted by atomic mass is 16.5. The normalized spacial score (nSPS) is 18.4. The van der Waals surface area contributed by atoms with Crippen molar-refractivity contribution in [1.29, 1.82) is 0 Å². The van der Waals surface area contributed by atoms with Gasteiger partial charge in [-0.3, -0.25) is 4.79 Å². The van der Waals surface area contributed by atoms with Gasteiger partial charge < -0.3 is 25.0 Å². The topological polar surface area (TPSA) is 65.0 Å². The molecule has 0 aromatic heterocycles. The Hall–Kier alpha value is -1.79. The van der Waals surface area contributed by atoms with Crippen molar-refractivity contribution in [3.8, 4) is 5.75 Å². The number of hydrogen-bond donors (Lipinski definition) is 2. The molecule has 0 bridgehead atoms. The fraction of sp³-hybridized carbons (Fsp3) is 0.533. The molecule has 1 amide bonds. The average molecular weight is 291 g/mol. The third-order valence-electron chi connectivity index (χ3n) is 3.91. The Labute approximate surface area is 124 Å². The molecule has 6 heteroatoms. The number of benzene rings is 1. The number of ether oxygens (including phenoxy) is 1. The molecule has 2 heterocycles. The third-order valence-corrected chi connectivity index (χ3v) is 3.91. The summed E-state index contributed by atoms with van der Waals surface area (Å²) in [6, 6.07) is 6.00. The van der Waals surface area contributed by atoms with Gasteiger partial charge in [-0.15, -0.1) is 0 Å². The highest BCUT2D eigenvalue weighted by molar-refractivity contribution is 5.98. The van der Waals surface area contributed by atoms with E-state index in [-0.39, 0.29) is 19.1 Å². The Balaban J connectivity index is 1.82. The number of amides is 1. The molecule has 6 nitrogen and oxygen atoms in total. The van der Waals surface area contributed by atoms with Crippen LogP contribution in [0.1, 0.15) is 6.42 Å². The summed E-state index contributed by atoms with van der Waals surface area (Å²) in [7, 11) is 0. The van der Waals surface area contributed by atoms with Crippen molar-refractivity contribution < 1.29 is 14.6 Å². The van der Waals surface area contributed by atoms with Gasteiger partial charge in [0, 0.05) is 51.1 Å². The first kappa shape index (κ1) is 14.2. The van der Waals surface area contributed by atoms with Crippen LogP contribution in [0.25, 0.3) is 0 Å². The number of anilines is 2. The molecule has 2 aliphatic heterocycles. The molecule has 0 atom stereocenters. The number of nitrogens with one attached hydrogen (secondary N) is 1. The minimum absolute atomic E-state index is 0.0501. The van der Waals surface area contributed by atoms with Gasteiger partial charge in [0.2, 0.25) is 0 Å². The van der Waals surface area contributed by atoms with Crippen LogP contribution in [0.4, 0.5) is 11.4 Å². The van der Waals surface area contributed by atoms with Gasteiger partial charge in [0.05, 0.1) is 5.69 Å². The van der Waals surface area contributed by atoms with Crippen molar-refractivity contribution in [1.82, 2.24) is 5.32 Å². The van der Waals surface area contributed by atoms with Gasteiger partial charge in [0.25, 0.3) is 5.91 Å². The van der Waals surface area contributed by atoms with E-state index in [1.807, 2.05) is 18.2 Å². The van der Waals surface area contributed by atoms with Crippen LogP contribution in [0.5, 0.6) is 5.75 Å². The zero-order valence-electron chi connectivity index (χ0n) is 12.0. The first-order chi connectivity index (χ1) is 10.3. The second-order valence-electron chi connectivity index (χ2n) is 5.30. The van der Waals surface area contributed by atoms with E-state index in [1.165, 1.54) is 0 Å². The average Bonchev–Trinajstić information content (AvgIpc) is 2.54. The second kappa shape index (κ2) is 6.32. The number of nitrogens with zero attached hydrogens (tertiary/aromatic N) is 2. The van der Waals surface area contributed by atoms with Gasteiger partial charge >= 0.3 is 0 Å². The van der Waals surface area contributed by atoms with Gasteiger partial charge in [-0.2, -0.15) is 0 Å². The van der Waals surface area contributed by atoms with Gasteiger partial charge in [-0.05, 0) is 18.6 Å². The lowest BCUT2D eigenvalue weighted by molar-refractivity contribution is -0.121. The van der Waals surface area contributed by atoms with Crippen LogP contribution in [-0.4, -0.2) is 57.0 Å². The Morgan fingerprint density at radius 3 is 2.86 bits per heavy atom. The number of fused-ring (bicyclic) bond motifs is 1. The molecule has 1 fully saturated rings. The van der Waals surface area contributed by atoms with Crippen LogP contribution in [0.3, 0.4) is 0 Å². The van der Waals surface area contributed by atoms with E-state index in [0.717, 1.165) is 43.3 Å². The quantitative estimate of drug-likeness (QED) is 0.830. The van der Waals surface area contributed by atoms with E-state index >= 15 is 0 Å². The molecular weight excluding hydrogens is 270 g/mol. The van der Waals surface area contributed by atoms with Crippen molar-refractivity contribution in [3.05, 3.63) is 18.2 Å². The molecule has 0 aliphatic carbocycles. The minimum Gasteiger partial charge on any atom is -0.481 e. The van der Waals surface area contributed by atoms with Crippen LogP contribution in [0.2, 0.25) is 0 Å². The Kier molecular flexibility index (Phi) is 4.26. The van der Waals surface area contributed by atoms with Gasteiger partial charge in [-0.1, -0.05) is 0 Å². The van der Waals surface area contributed by atoms with Gasteiger partial charge in [-0.25, -0.2) is 0 Å². The zero-order chi connectivity index (χ0) is 14.7. The summed E-state index contributed by atoms with van der Waals surface area (Å²) in [5.41, 5.74) is 1.94. The van der Waals surface area contributed by atoms with Crippen molar-refractivity contribution >= 4 is 17.3 Å². The largest absolute Gasteiger partial charge is 0.481 e. The van der Waals surface area contributed by atoms with Crippen LogP contribution >= 0.6 is 0 Å². The smallest absolute Gasteiger partial charge is 0.265 e. The van der Waals surface area contributed by atoms with Crippen LogP contribution in [-0.2, 0) is 4.79 Å². The predicted octanol–water partition coefficient (Wildman–Crippen LogP) is 0.204. The SMILES string of the molecule is O=C1COc2cc(N3CCNCC3)ccc2N1CCCO. The van der Waals surface area contributed by atoms with Crippen molar-refractivity contribution in [2.75, 3.05) is 55.7 Å². The molecule has 3 rings (SSSR count). The predicted molar refractivity (Wildman–Crippen MR) is 81.1 cm³/mol. The second-order valence-corrected chi connectivity index (χ2v) is 5.30. The lowest BCUT2D eigenvalue weighted by Gasteiger charge is -2.33. The van der Waals surface area contributed by atoms with Crippen LogP contribution in [0.15, 0.2) is 18.2 Å². The van der Waals surface area contributed by atoms with E-state index in [0.29, 0.717) is 13.0 Å². The lowest BCUT2D eigenvalue weighted by atomic mass is 10.1. The Bertz CT molecular complexity index is 515. The molecule has 2 N–H and O–H groups in total. The molecule has 0 unspecified atom stereocenters. The number of carbonyl (C=O) groups is 1. The molecule has 21 heavy (non-hydrogen) atoms. The van der Waals surface area contributed by atoms with E-state index in [1.54, 1.807) is 4.90 Å². The lowest BCUT2D eigenvalue weighted by Crippen LogP contribution is -2.43. The summed E-state index contributed by atoms with van der Waals surface area (Å²) in [6.45, 7) is 4.61. The van der Waals surface area contributed by atoms with E-state index < -0.39 is 0 Å². The van der Waals surface area contributed by atoms with Crippen molar-refractivity contribution in [2.24, 2.45) is 0 Å². The maximum Gasteiger partial charge on any atom is 0.265 e. The molecule has 0 spiro atoms. The summed E-state index contributed by atoms with van der Waals surface area (Å²) < 4.78 is 5.58. The molecule has 0 saturated carbocycles. The highest BCUT2D eigenvalue weighted by Crippen LogP contribution is 2.35.